The molecule has 3 aliphatic heterocycles. The Morgan fingerprint density at radius 1 is 1.00 bits per heavy atom. The minimum atomic E-state index is -0.250. The summed E-state index contributed by atoms with van der Waals surface area (Å²) in [6.07, 6.45) is 4.69. The van der Waals surface area contributed by atoms with Gasteiger partial charge in [0.1, 0.15) is 0 Å². The lowest BCUT2D eigenvalue weighted by atomic mass is 9.68. The largest absolute Gasteiger partial charge is 0.483 e. The minimum Gasteiger partial charge on any atom is -0.483 e. The Balaban J connectivity index is 0.000000196. The van der Waals surface area contributed by atoms with Crippen LogP contribution in [-0.2, 0) is 4.79 Å². The van der Waals surface area contributed by atoms with Gasteiger partial charge in [0, 0.05) is 19.6 Å². The van der Waals surface area contributed by atoms with E-state index in [1.54, 1.807) is 19.3 Å². The fourth-order valence-electron chi connectivity index (χ4n) is 3.47. The van der Waals surface area contributed by atoms with Gasteiger partial charge in [-0.15, -0.1) is 0 Å². The third-order valence-electron chi connectivity index (χ3n) is 3.55. The van der Waals surface area contributed by atoms with Crippen LogP contribution in [0.15, 0.2) is 0 Å². The van der Waals surface area contributed by atoms with Crippen molar-refractivity contribution < 1.29 is 9.90 Å². The van der Waals surface area contributed by atoms with Crippen molar-refractivity contribution in [1.29, 1.82) is 0 Å². The molecule has 3 heteroatoms. The van der Waals surface area contributed by atoms with E-state index < -0.39 is 0 Å². The van der Waals surface area contributed by atoms with Gasteiger partial charge in [-0.1, -0.05) is 0 Å². The second-order valence-corrected chi connectivity index (χ2v) is 4.63. The van der Waals surface area contributed by atoms with Crippen LogP contribution in [0.1, 0.15) is 19.3 Å². The lowest BCUT2D eigenvalue weighted by molar-refractivity contribution is -0.122. The van der Waals surface area contributed by atoms with Crippen LogP contribution >= 0.6 is 0 Å². The molecule has 0 unspecified atom stereocenters. The summed E-state index contributed by atoms with van der Waals surface area (Å²) in [7, 11) is 0. The molecule has 13 heavy (non-hydrogen) atoms. The van der Waals surface area contributed by atoms with E-state index in [0.717, 1.165) is 17.8 Å². The molecule has 0 spiro atoms. The van der Waals surface area contributed by atoms with Gasteiger partial charge in [-0.25, -0.2) is 0 Å². The van der Waals surface area contributed by atoms with E-state index >= 15 is 0 Å². The lowest BCUT2D eigenvalue weighted by Crippen LogP contribution is -2.53. The van der Waals surface area contributed by atoms with Crippen LogP contribution in [0.4, 0.5) is 0 Å². The average Bonchev–Trinajstić information content (AvgIpc) is 2.01. The van der Waals surface area contributed by atoms with Crippen LogP contribution < -0.4 is 0 Å². The quantitative estimate of drug-likeness (QED) is 0.571. The zero-order valence-electron chi connectivity index (χ0n) is 7.85. The molecule has 74 valence electrons. The van der Waals surface area contributed by atoms with Crippen molar-refractivity contribution >= 4 is 6.47 Å². The minimum absolute atomic E-state index is 0.250. The van der Waals surface area contributed by atoms with E-state index in [0.29, 0.717) is 0 Å². The highest BCUT2D eigenvalue weighted by molar-refractivity contribution is 5.32. The average molecular weight is 183 g/mol. The monoisotopic (exact) mass is 183 g/mol. The first-order chi connectivity index (χ1) is 6.31. The predicted molar refractivity (Wildman–Crippen MR) is 49.5 cm³/mol. The van der Waals surface area contributed by atoms with Gasteiger partial charge in [-0.2, -0.15) is 0 Å². The Bertz CT molecular complexity index is 137. The fraction of sp³-hybridized carbons (Fsp3) is 0.900. The summed E-state index contributed by atoms with van der Waals surface area (Å²) in [5, 5.41) is 6.89. The first kappa shape index (κ1) is 9.00. The Morgan fingerprint density at radius 2 is 1.31 bits per heavy atom. The first-order valence-corrected chi connectivity index (χ1v) is 5.12. The summed E-state index contributed by atoms with van der Waals surface area (Å²) in [5.41, 5.74) is 0. The molecule has 1 aliphatic carbocycles. The fourth-order valence-corrected chi connectivity index (χ4v) is 3.47. The predicted octanol–water partition coefficient (Wildman–Crippen LogP) is 1.05. The zero-order chi connectivity index (χ0) is 9.26. The molecule has 0 aromatic carbocycles. The number of hydrogen-bond donors (Lipinski definition) is 1. The summed E-state index contributed by atoms with van der Waals surface area (Å²) in [6, 6.07) is 0. The molecule has 4 aliphatic rings. The highest BCUT2D eigenvalue weighted by Crippen LogP contribution is 2.42. The number of hydrogen-bond acceptors (Lipinski definition) is 2. The maximum Gasteiger partial charge on any atom is 0.290 e. The number of carboxylic acid groups (broad SMARTS) is 1. The zero-order valence-corrected chi connectivity index (χ0v) is 7.85. The van der Waals surface area contributed by atoms with Gasteiger partial charge in [0.15, 0.2) is 0 Å². The highest BCUT2D eigenvalue weighted by Gasteiger charge is 2.40. The van der Waals surface area contributed by atoms with E-state index in [1.165, 1.54) is 19.6 Å². The third kappa shape index (κ3) is 1.85. The van der Waals surface area contributed by atoms with E-state index in [1.807, 2.05) is 0 Å². The van der Waals surface area contributed by atoms with Crippen molar-refractivity contribution in [3.63, 3.8) is 0 Å². The second-order valence-electron chi connectivity index (χ2n) is 4.63. The maximum absolute atomic E-state index is 8.36. The maximum atomic E-state index is 8.36. The second kappa shape index (κ2) is 3.66. The summed E-state index contributed by atoms with van der Waals surface area (Å²) in [4.78, 5) is 11.1. The van der Waals surface area contributed by atoms with Gasteiger partial charge >= 0.3 is 0 Å². The number of piperidine rings is 3. The Kier molecular flexibility index (Phi) is 2.54. The normalized spacial score (nSPS) is 45.2. The SMILES string of the molecule is C1C2CC3CC1CN(C2)C3.O=CO. The first-order valence-electron chi connectivity index (χ1n) is 5.12. The molecule has 0 amide bonds. The summed E-state index contributed by atoms with van der Waals surface area (Å²) in [5.74, 6) is 3.31. The molecule has 4 bridgehead atoms. The van der Waals surface area contributed by atoms with Gasteiger partial charge in [0.25, 0.3) is 6.47 Å². The topological polar surface area (TPSA) is 40.5 Å². The molecular weight excluding hydrogens is 166 g/mol. The van der Waals surface area contributed by atoms with Crippen LogP contribution in [0.5, 0.6) is 0 Å². The third-order valence-corrected chi connectivity index (χ3v) is 3.55. The molecule has 4 fully saturated rings. The van der Waals surface area contributed by atoms with Gasteiger partial charge in [0.05, 0.1) is 0 Å². The molecular formula is C10H17NO2. The number of nitrogens with zero attached hydrogens (tertiary/aromatic N) is 1. The van der Waals surface area contributed by atoms with Crippen LogP contribution in [-0.4, -0.2) is 36.1 Å². The molecule has 0 radical (unpaired) electrons. The molecule has 0 atom stereocenters. The standard InChI is InChI=1S/C9H15N.CH2O2/c1-7-2-9-3-8(1)5-10(4-7)6-9;2-1-3/h7-9H,1-6H2;1H,(H,2,3). The van der Waals surface area contributed by atoms with Gasteiger partial charge in [-0.3, -0.25) is 4.79 Å². The molecule has 1 saturated carbocycles. The molecule has 0 aromatic rings. The summed E-state index contributed by atoms with van der Waals surface area (Å²) in [6.45, 7) is 4.06. The van der Waals surface area contributed by atoms with Crippen molar-refractivity contribution in [1.82, 2.24) is 4.90 Å². The molecule has 0 aromatic heterocycles. The number of rotatable bonds is 0. The summed E-state index contributed by atoms with van der Waals surface area (Å²) >= 11 is 0. The Hall–Kier alpha value is -0.570. The molecule has 3 nitrogen and oxygen atoms in total. The highest BCUT2D eigenvalue weighted by atomic mass is 16.3. The van der Waals surface area contributed by atoms with Gasteiger partial charge < -0.3 is 10.0 Å². The van der Waals surface area contributed by atoms with E-state index in [-0.39, 0.29) is 6.47 Å². The van der Waals surface area contributed by atoms with Crippen molar-refractivity contribution in [2.75, 3.05) is 19.6 Å². The smallest absolute Gasteiger partial charge is 0.290 e. The van der Waals surface area contributed by atoms with Crippen LogP contribution in [0.25, 0.3) is 0 Å². The van der Waals surface area contributed by atoms with Crippen LogP contribution in [0, 0.1) is 17.8 Å². The molecule has 1 N–H and O–H groups in total. The van der Waals surface area contributed by atoms with Crippen LogP contribution in [0.2, 0.25) is 0 Å². The lowest BCUT2D eigenvalue weighted by Gasteiger charge is -2.51. The van der Waals surface area contributed by atoms with E-state index in [4.69, 9.17) is 9.90 Å². The molecule has 4 rings (SSSR count). The van der Waals surface area contributed by atoms with Crippen molar-refractivity contribution in [2.24, 2.45) is 17.8 Å². The van der Waals surface area contributed by atoms with E-state index in [9.17, 15) is 0 Å². The Labute approximate surface area is 78.7 Å². The van der Waals surface area contributed by atoms with Crippen molar-refractivity contribution in [3.8, 4) is 0 Å². The summed E-state index contributed by atoms with van der Waals surface area (Å²) < 4.78 is 0. The van der Waals surface area contributed by atoms with Gasteiger partial charge in [0.2, 0.25) is 0 Å². The number of carbonyl (C=O) groups is 1. The van der Waals surface area contributed by atoms with Crippen molar-refractivity contribution in [3.05, 3.63) is 0 Å². The van der Waals surface area contributed by atoms with Crippen LogP contribution in [0.3, 0.4) is 0 Å². The van der Waals surface area contributed by atoms with Crippen molar-refractivity contribution in [2.45, 2.75) is 19.3 Å². The van der Waals surface area contributed by atoms with Gasteiger partial charge in [-0.05, 0) is 37.0 Å². The molecule has 3 heterocycles. The Morgan fingerprint density at radius 3 is 1.54 bits per heavy atom. The van der Waals surface area contributed by atoms with E-state index in [2.05, 4.69) is 4.90 Å². The molecule has 3 saturated heterocycles.